The number of carbonyl (C=O) groups is 3. The number of nitrogens with zero attached hydrogens (tertiary/aromatic N) is 1. The molecule has 0 radical (unpaired) electrons. The van der Waals surface area contributed by atoms with Gasteiger partial charge in [0, 0.05) is 19.0 Å². The van der Waals surface area contributed by atoms with Crippen molar-refractivity contribution in [3.05, 3.63) is 89.5 Å². The molecule has 178 valence electrons. The molecule has 3 aromatic carbocycles. The van der Waals surface area contributed by atoms with Gasteiger partial charge in [0.25, 0.3) is 5.91 Å². The van der Waals surface area contributed by atoms with Crippen LogP contribution in [0.25, 0.3) is 11.1 Å². The van der Waals surface area contributed by atoms with E-state index in [0.717, 1.165) is 22.3 Å². The van der Waals surface area contributed by atoms with Crippen molar-refractivity contribution < 1.29 is 24.2 Å². The summed E-state index contributed by atoms with van der Waals surface area (Å²) in [6, 6.07) is 22.9. The van der Waals surface area contributed by atoms with Crippen molar-refractivity contribution in [1.82, 2.24) is 4.90 Å². The van der Waals surface area contributed by atoms with Crippen LogP contribution >= 0.6 is 0 Å². The molecule has 1 aliphatic heterocycles. The minimum absolute atomic E-state index is 0.0636. The summed E-state index contributed by atoms with van der Waals surface area (Å²) in [7, 11) is 0. The van der Waals surface area contributed by atoms with Gasteiger partial charge in [-0.2, -0.15) is 0 Å². The van der Waals surface area contributed by atoms with E-state index in [2.05, 4.69) is 29.6 Å². The summed E-state index contributed by atoms with van der Waals surface area (Å²) in [6.45, 7) is 0.817. The Morgan fingerprint density at radius 2 is 1.54 bits per heavy atom. The van der Waals surface area contributed by atoms with Crippen LogP contribution in [-0.2, 0) is 9.53 Å². The molecule has 2 aliphatic rings. The number of piperidine rings is 1. The van der Waals surface area contributed by atoms with Crippen LogP contribution in [0.5, 0.6) is 0 Å². The highest BCUT2D eigenvalue weighted by atomic mass is 16.5. The molecular weight excluding hydrogens is 444 g/mol. The average molecular weight is 471 g/mol. The van der Waals surface area contributed by atoms with Crippen LogP contribution in [0, 0.1) is 5.92 Å². The smallest absolute Gasteiger partial charge is 0.411 e. The summed E-state index contributed by atoms with van der Waals surface area (Å²) >= 11 is 0. The Labute approximate surface area is 203 Å². The third-order valence-corrected chi connectivity index (χ3v) is 6.80. The predicted octanol–water partition coefficient (Wildman–Crippen LogP) is 4.98. The van der Waals surface area contributed by atoms with E-state index in [1.165, 1.54) is 0 Å². The largest absolute Gasteiger partial charge is 0.481 e. The molecule has 7 heteroatoms. The monoisotopic (exact) mass is 470 g/mol. The number of hydrogen-bond donors (Lipinski definition) is 2. The number of fused-ring (bicyclic) bond motifs is 3. The van der Waals surface area contributed by atoms with E-state index in [-0.39, 0.29) is 25.0 Å². The minimum atomic E-state index is -0.896. The molecule has 1 fully saturated rings. The molecule has 0 aromatic heterocycles. The highest BCUT2D eigenvalue weighted by Crippen LogP contribution is 2.44. The zero-order valence-electron chi connectivity index (χ0n) is 19.1. The molecule has 5 rings (SSSR count). The number of carboxylic acid groups (broad SMARTS) is 1. The van der Waals surface area contributed by atoms with Crippen LogP contribution in [0.1, 0.15) is 40.2 Å². The van der Waals surface area contributed by atoms with Crippen LogP contribution < -0.4 is 5.32 Å². The van der Waals surface area contributed by atoms with Crippen LogP contribution in [0.2, 0.25) is 0 Å². The Kier molecular flexibility index (Phi) is 6.23. The Hall–Kier alpha value is -4.13. The number of hydrogen-bond acceptors (Lipinski definition) is 4. The lowest BCUT2D eigenvalue weighted by atomic mass is 9.97. The van der Waals surface area contributed by atoms with Crippen LogP contribution in [0.4, 0.5) is 10.5 Å². The summed E-state index contributed by atoms with van der Waals surface area (Å²) in [6.07, 6.45) is 0.540. The second-order valence-electron chi connectivity index (χ2n) is 8.92. The molecule has 1 heterocycles. The van der Waals surface area contributed by atoms with Crippen molar-refractivity contribution in [2.75, 3.05) is 25.0 Å². The minimum Gasteiger partial charge on any atom is -0.481 e. The number of ether oxygens (including phenoxy) is 1. The molecular formula is C28H26N2O5. The Morgan fingerprint density at radius 3 is 2.23 bits per heavy atom. The van der Waals surface area contributed by atoms with Gasteiger partial charge in [-0.1, -0.05) is 60.7 Å². The van der Waals surface area contributed by atoms with E-state index in [0.29, 0.717) is 30.6 Å². The molecule has 1 aliphatic carbocycles. The number of benzene rings is 3. The number of amides is 2. The Morgan fingerprint density at radius 1 is 0.914 bits per heavy atom. The summed E-state index contributed by atoms with van der Waals surface area (Å²) in [5, 5.41) is 12.1. The molecule has 0 unspecified atom stereocenters. The van der Waals surface area contributed by atoms with Gasteiger partial charge in [0.15, 0.2) is 0 Å². The van der Waals surface area contributed by atoms with Crippen LogP contribution in [0.15, 0.2) is 72.8 Å². The standard InChI is InChI=1S/C28H26N2O5/c31-26(30-15-7-8-18(16-30)27(32)33)23-13-5-6-14-25(23)29-28(34)35-17-24-21-11-3-1-9-19(21)20-10-2-4-12-22(20)24/h1-6,9-14,18,24H,7-8,15-17H2,(H,29,34)(H,32,33)/t18-/m0/s1. The van der Waals surface area contributed by atoms with Gasteiger partial charge in [-0.25, -0.2) is 4.79 Å². The number of likely N-dealkylation sites (tertiary alicyclic amines) is 1. The first-order chi connectivity index (χ1) is 17.0. The molecule has 2 N–H and O–H groups in total. The van der Waals surface area contributed by atoms with E-state index < -0.39 is 18.0 Å². The van der Waals surface area contributed by atoms with Gasteiger partial charge >= 0.3 is 12.1 Å². The quantitative estimate of drug-likeness (QED) is 0.548. The van der Waals surface area contributed by atoms with Crippen molar-refractivity contribution in [1.29, 1.82) is 0 Å². The topological polar surface area (TPSA) is 95.9 Å². The highest BCUT2D eigenvalue weighted by molar-refractivity contribution is 6.02. The fourth-order valence-corrected chi connectivity index (χ4v) is 5.06. The normalized spacial score (nSPS) is 16.8. The van der Waals surface area contributed by atoms with Gasteiger partial charge in [0.05, 0.1) is 17.2 Å². The number of rotatable bonds is 5. The van der Waals surface area contributed by atoms with E-state index in [4.69, 9.17) is 4.74 Å². The van der Waals surface area contributed by atoms with Gasteiger partial charge in [-0.3, -0.25) is 14.9 Å². The van der Waals surface area contributed by atoms with E-state index >= 15 is 0 Å². The lowest BCUT2D eigenvalue weighted by Gasteiger charge is -2.31. The number of nitrogens with one attached hydrogen (secondary N) is 1. The van der Waals surface area contributed by atoms with Crippen molar-refractivity contribution in [3.8, 4) is 11.1 Å². The summed E-state index contributed by atoms with van der Waals surface area (Å²) in [5.74, 6) is -1.83. The third-order valence-electron chi connectivity index (χ3n) is 6.80. The zero-order valence-corrected chi connectivity index (χ0v) is 19.1. The van der Waals surface area contributed by atoms with Gasteiger partial charge in [-0.05, 0) is 47.2 Å². The number of anilines is 1. The first kappa shape index (κ1) is 22.7. The summed E-state index contributed by atoms with van der Waals surface area (Å²) in [4.78, 5) is 38.8. The van der Waals surface area contributed by atoms with Crippen LogP contribution in [0.3, 0.4) is 0 Å². The highest BCUT2D eigenvalue weighted by Gasteiger charge is 2.31. The molecule has 1 atom stereocenters. The fourth-order valence-electron chi connectivity index (χ4n) is 5.06. The van der Waals surface area contributed by atoms with E-state index in [1.54, 1.807) is 29.2 Å². The maximum absolute atomic E-state index is 13.2. The zero-order chi connectivity index (χ0) is 24.4. The molecule has 35 heavy (non-hydrogen) atoms. The van der Waals surface area contributed by atoms with E-state index in [9.17, 15) is 19.5 Å². The SMILES string of the molecule is O=C(Nc1ccccc1C(=O)N1CCC[C@H](C(=O)O)C1)OCC1c2ccccc2-c2ccccc21. The lowest BCUT2D eigenvalue weighted by Crippen LogP contribution is -2.42. The molecule has 0 saturated carbocycles. The first-order valence-electron chi connectivity index (χ1n) is 11.8. The second kappa shape index (κ2) is 9.62. The van der Waals surface area contributed by atoms with E-state index in [1.807, 2.05) is 24.3 Å². The molecule has 7 nitrogen and oxygen atoms in total. The second-order valence-corrected chi connectivity index (χ2v) is 8.92. The maximum atomic E-state index is 13.2. The van der Waals surface area contributed by atoms with Crippen molar-refractivity contribution in [2.24, 2.45) is 5.92 Å². The number of carboxylic acids is 1. The lowest BCUT2D eigenvalue weighted by molar-refractivity contribution is -0.143. The fraction of sp³-hybridized carbons (Fsp3) is 0.250. The van der Waals surface area contributed by atoms with Gasteiger partial charge in [0.1, 0.15) is 6.61 Å². The maximum Gasteiger partial charge on any atom is 0.411 e. The predicted molar refractivity (Wildman–Crippen MR) is 131 cm³/mol. The molecule has 0 bridgehead atoms. The van der Waals surface area contributed by atoms with Gasteiger partial charge in [0.2, 0.25) is 0 Å². The van der Waals surface area contributed by atoms with Gasteiger partial charge in [-0.15, -0.1) is 0 Å². The van der Waals surface area contributed by atoms with Crippen LogP contribution in [-0.4, -0.2) is 47.7 Å². The number of para-hydroxylation sites is 1. The molecule has 0 spiro atoms. The summed E-state index contributed by atoms with van der Waals surface area (Å²) in [5.41, 5.74) is 5.19. The Bertz CT molecular complexity index is 1240. The van der Waals surface area contributed by atoms with Crippen molar-refractivity contribution in [2.45, 2.75) is 18.8 Å². The summed E-state index contributed by atoms with van der Waals surface area (Å²) < 4.78 is 5.62. The molecule has 3 aromatic rings. The first-order valence-corrected chi connectivity index (χ1v) is 11.8. The molecule has 1 saturated heterocycles. The molecule has 2 amide bonds. The Balaban J connectivity index is 1.28. The number of aliphatic carboxylic acids is 1. The number of carbonyl (C=O) groups excluding carboxylic acids is 2. The third kappa shape index (κ3) is 4.49. The van der Waals surface area contributed by atoms with Crippen molar-refractivity contribution in [3.63, 3.8) is 0 Å². The average Bonchev–Trinajstić information content (AvgIpc) is 3.21. The van der Waals surface area contributed by atoms with Crippen molar-refractivity contribution >= 4 is 23.7 Å². The van der Waals surface area contributed by atoms with Gasteiger partial charge < -0.3 is 14.7 Å².